The van der Waals surface area contributed by atoms with Crippen molar-refractivity contribution in [3.05, 3.63) is 16.1 Å². The van der Waals surface area contributed by atoms with Crippen molar-refractivity contribution in [3.63, 3.8) is 0 Å². The van der Waals surface area contributed by atoms with Crippen LogP contribution in [-0.4, -0.2) is 55.5 Å². The van der Waals surface area contributed by atoms with E-state index in [1.165, 1.54) is 4.88 Å². The van der Waals surface area contributed by atoms with Crippen LogP contribution in [-0.2, 0) is 4.79 Å². The summed E-state index contributed by atoms with van der Waals surface area (Å²) in [5.41, 5.74) is 0. The summed E-state index contributed by atoms with van der Waals surface area (Å²) < 4.78 is 0. The van der Waals surface area contributed by atoms with E-state index in [2.05, 4.69) is 41.4 Å². The van der Waals surface area contributed by atoms with Crippen LogP contribution in [0.25, 0.3) is 0 Å². The zero-order valence-corrected chi connectivity index (χ0v) is 18.4. The van der Waals surface area contributed by atoms with E-state index in [0.29, 0.717) is 11.9 Å². The van der Waals surface area contributed by atoms with Crippen LogP contribution >= 0.6 is 35.3 Å². The molecule has 1 unspecified atom stereocenters. The second kappa shape index (κ2) is 12.5. The highest BCUT2D eigenvalue weighted by Gasteiger charge is 2.11. The Morgan fingerprint density at radius 1 is 1.42 bits per heavy atom. The van der Waals surface area contributed by atoms with Crippen LogP contribution in [0.15, 0.2) is 11.2 Å². The lowest BCUT2D eigenvalue weighted by Crippen LogP contribution is -2.40. The van der Waals surface area contributed by atoms with Gasteiger partial charge in [0.1, 0.15) is 6.54 Å². The molecule has 0 bridgehead atoms. The number of unbranched alkanes of at least 4 members (excludes halogenated alkanes) is 1. The molecule has 1 heterocycles. The molecule has 2 N–H and O–H groups in total. The molecular formula is C16H30IN5OS. The molecule has 0 fully saturated rings. The number of halogens is 1. The number of guanidine groups is 1. The van der Waals surface area contributed by atoms with Crippen molar-refractivity contribution in [2.45, 2.75) is 39.5 Å². The maximum absolute atomic E-state index is 11.7. The Bertz CT molecular complexity index is 518. The van der Waals surface area contributed by atoms with Crippen molar-refractivity contribution in [1.82, 2.24) is 20.5 Å². The number of aromatic nitrogens is 1. The van der Waals surface area contributed by atoms with Crippen LogP contribution in [0.3, 0.4) is 0 Å². The SMILES string of the molecule is CCCCNC(=NCC(=O)N(C)C)NCC(C)c1ncc(C)s1.I. The van der Waals surface area contributed by atoms with E-state index in [1.54, 1.807) is 30.3 Å². The lowest BCUT2D eigenvalue weighted by Gasteiger charge is -2.15. The number of hydrogen-bond acceptors (Lipinski definition) is 4. The molecule has 6 nitrogen and oxygen atoms in total. The van der Waals surface area contributed by atoms with Gasteiger partial charge in [0.25, 0.3) is 0 Å². The summed E-state index contributed by atoms with van der Waals surface area (Å²) in [6.07, 6.45) is 4.09. The predicted molar refractivity (Wildman–Crippen MR) is 113 cm³/mol. The third-order valence-electron chi connectivity index (χ3n) is 3.33. The number of carbonyl (C=O) groups is 1. The van der Waals surface area contributed by atoms with E-state index in [-0.39, 0.29) is 36.4 Å². The summed E-state index contributed by atoms with van der Waals surface area (Å²) in [5.74, 6) is 0.982. The minimum atomic E-state index is -0.00908. The fraction of sp³-hybridized carbons (Fsp3) is 0.688. The van der Waals surface area contributed by atoms with Gasteiger partial charge in [-0.3, -0.25) is 4.79 Å². The summed E-state index contributed by atoms with van der Waals surface area (Å²) >= 11 is 1.72. The van der Waals surface area contributed by atoms with E-state index < -0.39 is 0 Å². The molecule has 1 atom stereocenters. The van der Waals surface area contributed by atoms with Gasteiger partial charge in [0.2, 0.25) is 5.91 Å². The zero-order chi connectivity index (χ0) is 17.2. The number of aryl methyl sites for hydroxylation is 1. The van der Waals surface area contributed by atoms with Gasteiger partial charge >= 0.3 is 0 Å². The number of nitrogens with one attached hydrogen (secondary N) is 2. The molecule has 0 aliphatic rings. The van der Waals surface area contributed by atoms with Crippen LogP contribution < -0.4 is 10.6 Å². The summed E-state index contributed by atoms with van der Waals surface area (Å²) in [5, 5.41) is 7.71. The molecule has 8 heteroatoms. The Morgan fingerprint density at radius 2 is 2.12 bits per heavy atom. The van der Waals surface area contributed by atoms with Gasteiger partial charge in [-0.15, -0.1) is 35.3 Å². The lowest BCUT2D eigenvalue weighted by atomic mass is 10.2. The van der Waals surface area contributed by atoms with Gasteiger partial charge in [0, 0.05) is 44.2 Å². The Hall–Kier alpha value is -0.900. The van der Waals surface area contributed by atoms with Crippen molar-refractivity contribution >= 4 is 47.2 Å². The smallest absolute Gasteiger partial charge is 0.243 e. The summed E-state index contributed by atoms with van der Waals surface area (Å²) in [7, 11) is 3.48. The minimum absolute atomic E-state index is 0. The largest absolute Gasteiger partial charge is 0.356 e. The normalized spacial score (nSPS) is 12.3. The molecule has 0 spiro atoms. The zero-order valence-electron chi connectivity index (χ0n) is 15.3. The second-order valence-corrected chi connectivity index (χ2v) is 7.09. The summed E-state index contributed by atoms with van der Waals surface area (Å²) in [4.78, 5) is 23.3. The van der Waals surface area contributed by atoms with Gasteiger partial charge in [0.05, 0.1) is 5.01 Å². The molecule has 138 valence electrons. The predicted octanol–water partition coefficient (Wildman–Crippen LogP) is 2.60. The Labute approximate surface area is 166 Å². The lowest BCUT2D eigenvalue weighted by molar-refractivity contribution is -0.127. The third kappa shape index (κ3) is 8.81. The number of amides is 1. The summed E-state index contributed by atoms with van der Waals surface area (Å²) in [6, 6.07) is 0. The fourth-order valence-corrected chi connectivity index (χ4v) is 2.61. The molecule has 0 aliphatic carbocycles. The van der Waals surface area contributed by atoms with E-state index in [0.717, 1.165) is 30.9 Å². The molecule has 1 rings (SSSR count). The van der Waals surface area contributed by atoms with Crippen LogP contribution in [0.4, 0.5) is 0 Å². The highest BCUT2D eigenvalue weighted by molar-refractivity contribution is 14.0. The Morgan fingerprint density at radius 3 is 2.67 bits per heavy atom. The van der Waals surface area contributed by atoms with Crippen molar-refractivity contribution < 1.29 is 4.79 Å². The van der Waals surface area contributed by atoms with Gasteiger partial charge < -0.3 is 15.5 Å². The molecule has 0 radical (unpaired) electrons. The average molecular weight is 467 g/mol. The van der Waals surface area contributed by atoms with Gasteiger partial charge in [-0.25, -0.2) is 9.98 Å². The molecule has 0 saturated heterocycles. The number of aliphatic imine (C=N–C) groups is 1. The van der Waals surface area contributed by atoms with Gasteiger partial charge in [0.15, 0.2) is 5.96 Å². The van der Waals surface area contributed by atoms with Gasteiger partial charge in [-0.2, -0.15) is 0 Å². The Kier molecular flexibility index (Phi) is 12.0. The quantitative estimate of drug-likeness (QED) is 0.267. The summed E-state index contributed by atoms with van der Waals surface area (Å²) in [6.45, 7) is 8.09. The molecule has 0 aromatic carbocycles. The average Bonchev–Trinajstić information content (AvgIpc) is 2.95. The highest BCUT2D eigenvalue weighted by Crippen LogP contribution is 2.20. The van der Waals surface area contributed by atoms with Gasteiger partial charge in [-0.05, 0) is 13.3 Å². The maximum atomic E-state index is 11.7. The van der Waals surface area contributed by atoms with Crippen LogP contribution in [0.1, 0.15) is 42.5 Å². The first-order chi connectivity index (χ1) is 10.9. The number of rotatable bonds is 8. The molecule has 1 aromatic heterocycles. The molecule has 24 heavy (non-hydrogen) atoms. The number of nitrogens with zero attached hydrogens (tertiary/aromatic N) is 3. The van der Waals surface area contributed by atoms with E-state index in [9.17, 15) is 4.79 Å². The van der Waals surface area contributed by atoms with Crippen LogP contribution in [0.2, 0.25) is 0 Å². The van der Waals surface area contributed by atoms with Crippen molar-refractivity contribution in [2.75, 3.05) is 33.7 Å². The van der Waals surface area contributed by atoms with Crippen LogP contribution in [0.5, 0.6) is 0 Å². The maximum Gasteiger partial charge on any atom is 0.243 e. The van der Waals surface area contributed by atoms with Crippen LogP contribution in [0, 0.1) is 6.92 Å². The molecule has 1 aromatic rings. The number of hydrogen-bond donors (Lipinski definition) is 2. The monoisotopic (exact) mass is 467 g/mol. The fourth-order valence-electron chi connectivity index (χ4n) is 1.78. The molecule has 0 saturated carbocycles. The first-order valence-corrected chi connectivity index (χ1v) is 8.90. The van der Waals surface area contributed by atoms with E-state index in [1.807, 2.05) is 6.20 Å². The number of thiazole rings is 1. The second-order valence-electron chi connectivity index (χ2n) is 5.82. The number of carbonyl (C=O) groups excluding carboxylic acids is 1. The molecule has 1 amide bonds. The first kappa shape index (κ1) is 23.1. The standard InChI is InChI=1S/C16H29N5OS.HI/c1-6-7-8-17-16(20-11-14(22)21(4)5)19-9-12(2)15-18-10-13(3)23-15;/h10,12H,6-9,11H2,1-5H3,(H2,17,19,20);1H. The van der Waals surface area contributed by atoms with Crippen molar-refractivity contribution in [3.8, 4) is 0 Å². The molecular weight excluding hydrogens is 437 g/mol. The van der Waals surface area contributed by atoms with Crippen molar-refractivity contribution in [1.29, 1.82) is 0 Å². The third-order valence-corrected chi connectivity index (χ3v) is 4.47. The van der Waals surface area contributed by atoms with E-state index in [4.69, 9.17) is 0 Å². The van der Waals surface area contributed by atoms with E-state index >= 15 is 0 Å². The Balaban J connectivity index is 0.00000529. The van der Waals surface area contributed by atoms with Crippen molar-refractivity contribution in [2.24, 2.45) is 4.99 Å². The highest BCUT2D eigenvalue weighted by atomic mass is 127. The van der Waals surface area contributed by atoms with Gasteiger partial charge in [-0.1, -0.05) is 20.3 Å². The minimum Gasteiger partial charge on any atom is -0.356 e. The first-order valence-electron chi connectivity index (χ1n) is 8.08. The topological polar surface area (TPSA) is 69.6 Å². The number of likely N-dealkylation sites (N-methyl/N-ethyl adjacent to an activating group) is 1. The molecule has 0 aliphatic heterocycles.